The summed E-state index contributed by atoms with van der Waals surface area (Å²) < 4.78 is 0. The first-order chi connectivity index (χ1) is 6.16. The molecule has 1 saturated carbocycles. The van der Waals surface area contributed by atoms with Gasteiger partial charge in [0.25, 0.3) is 0 Å². The third-order valence-electron chi connectivity index (χ3n) is 2.40. The predicted molar refractivity (Wildman–Crippen MR) is 56.1 cm³/mol. The van der Waals surface area contributed by atoms with Gasteiger partial charge in [-0.25, -0.2) is 0 Å². The normalized spacial score (nSPS) is 18.7. The second kappa shape index (κ2) is 3.49. The first-order valence-corrected chi connectivity index (χ1v) is 5.14. The fourth-order valence-corrected chi connectivity index (χ4v) is 2.04. The lowest BCUT2D eigenvalue weighted by Gasteiger charge is -2.11. The van der Waals surface area contributed by atoms with Crippen molar-refractivity contribution in [1.29, 1.82) is 0 Å². The van der Waals surface area contributed by atoms with Gasteiger partial charge in [0.1, 0.15) is 0 Å². The van der Waals surface area contributed by atoms with E-state index in [1.54, 1.807) is 6.07 Å². The average Bonchev–Trinajstić information content (AvgIpc) is 2.83. The minimum absolute atomic E-state index is 0.108. The number of hydrogen-bond acceptors (Lipinski definition) is 1. The Morgan fingerprint density at radius 3 is 2.15 bits per heavy atom. The zero-order valence-corrected chi connectivity index (χ0v) is 8.65. The lowest BCUT2D eigenvalue weighted by atomic mass is 10.0. The van der Waals surface area contributed by atoms with Crippen LogP contribution in [0.25, 0.3) is 0 Å². The van der Waals surface area contributed by atoms with Crippen LogP contribution in [0.2, 0.25) is 10.0 Å². The third kappa shape index (κ3) is 2.16. The summed E-state index contributed by atoms with van der Waals surface area (Å²) in [5.74, 6) is 0.634. The molecule has 1 unspecified atom stereocenters. The molecule has 1 aromatic rings. The summed E-state index contributed by atoms with van der Waals surface area (Å²) in [5.41, 5.74) is 7.08. The summed E-state index contributed by atoms with van der Waals surface area (Å²) >= 11 is 11.8. The molecule has 1 atom stereocenters. The first kappa shape index (κ1) is 9.32. The summed E-state index contributed by atoms with van der Waals surface area (Å²) in [6.45, 7) is 0. The van der Waals surface area contributed by atoms with Crippen molar-refractivity contribution in [3.05, 3.63) is 33.8 Å². The van der Waals surface area contributed by atoms with Crippen molar-refractivity contribution >= 4 is 23.2 Å². The minimum Gasteiger partial charge on any atom is -0.324 e. The molecule has 1 aliphatic carbocycles. The SMILES string of the molecule is NC(c1cc(Cl)cc(Cl)c1)C1CC1. The van der Waals surface area contributed by atoms with E-state index in [4.69, 9.17) is 28.9 Å². The van der Waals surface area contributed by atoms with Crippen molar-refractivity contribution in [3.63, 3.8) is 0 Å². The van der Waals surface area contributed by atoms with Gasteiger partial charge in [-0.2, -0.15) is 0 Å². The Hall–Kier alpha value is -0.240. The third-order valence-corrected chi connectivity index (χ3v) is 2.84. The highest BCUT2D eigenvalue weighted by Gasteiger charge is 2.29. The molecule has 3 heteroatoms. The standard InChI is InChI=1S/C10H11Cl2N/c11-8-3-7(4-9(12)5-8)10(13)6-1-2-6/h3-6,10H,1-2,13H2. The quantitative estimate of drug-likeness (QED) is 0.805. The van der Waals surface area contributed by atoms with Crippen molar-refractivity contribution in [2.45, 2.75) is 18.9 Å². The Balaban J connectivity index is 2.27. The minimum atomic E-state index is 0.108. The Morgan fingerprint density at radius 1 is 1.15 bits per heavy atom. The van der Waals surface area contributed by atoms with Gasteiger partial charge in [-0.05, 0) is 42.5 Å². The van der Waals surface area contributed by atoms with Crippen molar-refractivity contribution in [3.8, 4) is 0 Å². The molecular formula is C10H11Cl2N. The van der Waals surface area contributed by atoms with E-state index in [2.05, 4.69) is 0 Å². The van der Waals surface area contributed by atoms with Crippen molar-refractivity contribution < 1.29 is 0 Å². The van der Waals surface area contributed by atoms with Crippen molar-refractivity contribution in [2.75, 3.05) is 0 Å². The van der Waals surface area contributed by atoms with E-state index in [0.29, 0.717) is 16.0 Å². The maximum absolute atomic E-state index is 6.02. The fourth-order valence-electron chi connectivity index (χ4n) is 1.50. The highest BCUT2D eigenvalue weighted by Crippen LogP contribution is 2.40. The van der Waals surface area contributed by atoms with Crippen LogP contribution >= 0.6 is 23.2 Å². The van der Waals surface area contributed by atoms with Gasteiger partial charge in [0.2, 0.25) is 0 Å². The van der Waals surface area contributed by atoms with Crippen LogP contribution in [0.5, 0.6) is 0 Å². The van der Waals surface area contributed by atoms with Gasteiger partial charge in [-0.3, -0.25) is 0 Å². The van der Waals surface area contributed by atoms with E-state index in [1.807, 2.05) is 12.1 Å². The van der Waals surface area contributed by atoms with Gasteiger partial charge in [-0.15, -0.1) is 0 Å². The van der Waals surface area contributed by atoms with Gasteiger partial charge in [0.05, 0.1) is 0 Å². The van der Waals surface area contributed by atoms with E-state index in [-0.39, 0.29) is 6.04 Å². The van der Waals surface area contributed by atoms with Crippen LogP contribution in [0.1, 0.15) is 24.4 Å². The number of halogens is 2. The van der Waals surface area contributed by atoms with Crippen molar-refractivity contribution in [1.82, 2.24) is 0 Å². The molecule has 0 aromatic heterocycles. The van der Waals surface area contributed by atoms with Crippen LogP contribution in [0.4, 0.5) is 0 Å². The Bertz CT molecular complexity index is 300. The Labute approximate surface area is 87.8 Å². The van der Waals surface area contributed by atoms with Gasteiger partial charge in [0, 0.05) is 16.1 Å². The van der Waals surface area contributed by atoms with E-state index < -0.39 is 0 Å². The van der Waals surface area contributed by atoms with Gasteiger partial charge in [-0.1, -0.05) is 23.2 Å². The fraction of sp³-hybridized carbons (Fsp3) is 0.400. The lowest BCUT2D eigenvalue weighted by molar-refractivity contribution is 0.633. The maximum Gasteiger partial charge on any atom is 0.0424 e. The summed E-state index contributed by atoms with van der Waals surface area (Å²) in [6, 6.07) is 5.63. The molecule has 1 aromatic carbocycles. The van der Waals surface area contributed by atoms with Crippen LogP contribution < -0.4 is 5.73 Å². The molecule has 2 rings (SSSR count). The van der Waals surface area contributed by atoms with E-state index in [1.165, 1.54) is 12.8 Å². The van der Waals surface area contributed by atoms with Crippen LogP contribution in [-0.2, 0) is 0 Å². The summed E-state index contributed by atoms with van der Waals surface area (Å²) in [5, 5.41) is 1.33. The van der Waals surface area contributed by atoms with Crippen LogP contribution in [0.3, 0.4) is 0 Å². The Kier molecular flexibility index (Phi) is 2.50. The molecule has 70 valence electrons. The molecule has 0 amide bonds. The smallest absolute Gasteiger partial charge is 0.0424 e. The molecule has 0 saturated heterocycles. The molecule has 13 heavy (non-hydrogen) atoms. The highest BCUT2D eigenvalue weighted by molar-refractivity contribution is 6.34. The van der Waals surface area contributed by atoms with Crippen LogP contribution in [0, 0.1) is 5.92 Å². The maximum atomic E-state index is 6.02. The molecule has 1 fully saturated rings. The molecular weight excluding hydrogens is 205 g/mol. The number of hydrogen-bond donors (Lipinski definition) is 1. The molecule has 0 bridgehead atoms. The highest BCUT2D eigenvalue weighted by atomic mass is 35.5. The van der Waals surface area contributed by atoms with Crippen molar-refractivity contribution in [2.24, 2.45) is 11.7 Å². The molecule has 0 aliphatic heterocycles. The summed E-state index contributed by atoms with van der Waals surface area (Å²) in [6.07, 6.45) is 2.45. The monoisotopic (exact) mass is 215 g/mol. The number of nitrogens with two attached hydrogens (primary N) is 1. The zero-order valence-electron chi connectivity index (χ0n) is 7.13. The van der Waals surface area contributed by atoms with Crippen LogP contribution in [-0.4, -0.2) is 0 Å². The summed E-state index contributed by atoms with van der Waals surface area (Å²) in [7, 11) is 0. The molecule has 0 heterocycles. The molecule has 1 aliphatic rings. The molecule has 0 radical (unpaired) electrons. The Morgan fingerprint density at radius 2 is 1.69 bits per heavy atom. The van der Waals surface area contributed by atoms with Gasteiger partial charge < -0.3 is 5.73 Å². The van der Waals surface area contributed by atoms with E-state index in [0.717, 1.165) is 5.56 Å². The lowest BCUT2D eigenvalue weighted by Crippen LogP contribution is -2.12. The van der Waals surface area contributed by atoms with Gasteiger partial charge >= 0.3 is 0 Å². The largest absolute Gasteiger partial charge is 0.324 e. The van der Waals surface area contributed by atoms with E-state index in [9.17, 15) is 0 Å². The topological polar surface area (TPSA) is 26.0 Å². The second-order valence-corrected chi connectivity index (χ2v) is 4.44. The van der Waals surface area contributed by atoms with Crippen LogP contribution in [0.15, 0.2) is 18.2 Å². The molecule has 0 spiro atoms. The first-order valence-electron chi connectivity index (χ1n) is 4.38. The predicted octanol–water partition coefficient (Wildman–Crippen LogP) is 3.40. The second-order valence-electron chi connectivity index (χ2n) is 3.57. The molecule has 2 N–H and O–H groups in total. The zero-order chi connectivity index (χ0) is 9.42. The van der Waals surface area contributed by atoms with E-state index >= 15 is 0 Å². The van der Waals surface area contributed by atoms with Gasteiger partial charge in [0.15, 0.2) is 0 Å². The summed E-state index contributed by atoms with van der Waals surface area (Å²) in [4.78, 5) is 0. The molecule has 1 nitrogen and oxygen atoms in total. The number of rotatable bonds is 2. The number of benzene rings is 1. The average molecular weight is 216 g/mol.